The summed E-state index contributed by atoms with van der Waals surface area (Å²) >= 11 is 0. The summed E-state index contributed by atoms with van der Waals surface area (Å²) in [5, 5.41) is 8.55. The zero-order chi connectivity index (χ0) is 7.11. The molecule has 0 bridgehead atoms. The predicted octanol–water partition coefficient (Wildman–Crippen LogP) is 0.501. The number of hydrogen-bond acceptors (Lipinski definition) is 3. The number of aliphatic hydroxyl groups is 1. The van der Waals surface area contributed by atoms with E-state index in [1.807, 2.05) is 0 Å². The first kappa shape index (κ1) is 8.46. The van der Waals surface area contributed by atoms with E-state index in [1.54, 1.807) is 6.92 Å². The Hall–Kier alpha value is -0.540. The van der Waals surface area contributed by atoms with Crippen molar-refractivity contribution in [1.29, 1.82) is 0 Å². The summed E-state index contributed by atoms with van der Waals surface area (Å²) in [7, 11) is 0. The van der Waals surface area contributed by atoms with Gasteiger partial charge >= 0.3 is 0 Å². The summed E-state index contributed by atoms with van der Waals surface area (Å²) in [6, 6.07) is 0. The van der Waals surface area contributed by atoms with Gasteiger partial charge in [-0.25, -0.2) is 0 Å². The van der Waals surface area contributed by atoms with Gasteiger partial charge in [-0.1, -0.05) is 6.58 Å². The maximum Gasteiger partial charge on any atom is 0.151 e. The van der Waals surface area contributed by atoms with Gasteiger partial charge in [0.1, 0.15) is 6.61 Å². The highest BCUT2D eigenvalue weighted by Gasteiger charge is 1.91. The Labute approximate surface area is 54.9 Å². The van der Waals surface area contributed by atoms with Gasteiger partial charge in [-0.2, -0.15) is 0 Å². The first-order valence-corrected chi connectivity index (χ1v) is 2.79. The lowest BCUT2D eigenvalue weighted by Crippen LogP contribution is -2.10. The van der Waals surface area contributed by atoms with Crippen molar-refractivity contribution in [2.24, 2.45) is 0 Å². The number of aliphatic hydroxyl groups excluding tert-OH is 1. The van der Waals surface area contributed by atoms with Crippen molar-refractivity contribution < 1.29 is 14.6 Å². The maximum absolute atomic E-state index is 8.55. The molecule has 0 saturated heterocycles. The molecule has 0 saturated carbocycles. The van der Waals surface area contributed by atoms with Crippen molar-refractivity contribution in [2.75, 3.05) is 13.2 Å². The zero-order valence-corrected chi connectivity index (χ0v) is 5.54. The molecule has 54 valence electrons. The number of ether oxygens (including phenoxy) is 2. The normalized spacial score (nSPS) is 12.7. The quantitative estimate of drug-likeness (QED) is 0.336. The Kier molecular flexibility index (Phi) is 5.26. The molecule has 0 aromatic rings. The van der Waals surface area contributed by atoms with Gasteiger partial charge in [0.2, 0.25) is 0 Å². The van der Waals surface area contributed by atoms with Gasteiger partial charge in [-0.15, -0.1) is 0 Å². The molecule has 3 heteroatoms. The lowest BCUT2D eigenvalue weighted by atomic mass is 10.7. The standard InChI is InChI=1S/C6H12O3/c1-3-8-4-5-9-6(2)7/h3,6-7H,1,4-5H2,2H3. The van der Waals surface area contributed by atoms with Crippen LogP contribution in [-0.4, -0.2) is 24.6 Å². The van der Waals surface area contributed by atoms with Crippen molar-refractivity contribution >= 4 is 0 Å². The highest BCUT2D eigenvalue weighted by Crippen LogP contribution is 1.83. The van der Waals surface area contributed by atoms with Crippen LogP contribution in [0.4, 0.5) is 0 Å². The highest BCUT2D eigenvalue weighted by molar-refractivity contribution is 4.47. The molecule has 1 N–H and O–H groups in total. The molecule has 0 aliphatic rings. The molecule has 0 radical (unpaired) electrons. The summed E-state index contributed by atoms with van der Waals surface area (Å²) in [5.74, 6) is 0. The minimum atomic E-state index is -0.710. The molecule has 3 nitrogen and oxygen atoms in total. The van der Waals surface area contributed by atoms with Gasteiger partial charge in [0.05, 0.1) is 12.9 Å². The van der Waals surface area contributed by atoms with E-state index in [0.717, 1.165) is 0 Å². The second kappa shape index (κ2) is 5.59. The third kappa shape index (κ3) is 7.46. The van der Waals surface area contributed by atoms with Gasteiger partial charge in [-0.05, 0) is 6.92 Å². The fourth-order valence-electron chi connectivity index (χ4n) is 0.350. The van der Waals surface area contributed by atoms with Crippen LogP contribution in [0.3, 0.4) is 0 Å². The third-order valence-electron chi connectivity index (χ3n) is 0.678. The van der Waals surface area contributed by atoms with E-state index in [-0.39, 0.29) is 0 Å². The van der Waals surface area contributed by atoms with Crippen molar-refractivity contribution in [3.05, 3.63) is 12.8 Å². The fraction of sp³-hybridized carbons (Fsp3) is 0.667. The van der Waals surface area contributed by atoms with Crippen LogP contribution in [0.1, 0.15) is 6.92 Å². The predicted molar refractivity (Wildman–Crippen MR) is 33.8 cm³/mol. The van der Waals surface area contributed by atoms with Crippen LogP contribution < -0.4 is 0 Å². The second-order valence-electron chi connectivity index (χ2n) is 1.51. The number of rotatable bonds is 5. The smallest absolute Gasteiger partial charge is 0.151 e. The van der Waals surface area contributed by atoms with Gasteiger partial charge in [0.25, 0.3) is 0 Å². The first-order valence-electron chi connectivity index (χ1n) is 2.79. The van der Waals surface area contributed by atoms with E-state index in [4.69, 9.17) is 14.6 Å². The summed E-state index contributed by atoms with van der Waals surface area (Å²) in [5.41, 5.74) is 0. The molecule has 0 amide bonds. The van der Waals surface area contributed by atoms with Crippen molar-refractivity contribution in [2.45, 2.75) is 13.2 Å². The first-order chi connectivity index (χ1) is 4.27. The molecule has 0 rings (SSSR count). The lowest BCUT2D eigenvalue weighted by molar-refractivity contribution is -0.0940. The van der Waals surface area contributed by atoms with Gasteiger partial charge in [0.15, 0.2) is 6.29 Å². The molecule has 0 heterocycles. The van der Waals surface area contributed by atoms with Crippen LogP contribution in [-0.2, 0) is 9.47 Å². The van der Waals surface area contributed by atoms with E-state index in [2.05, 4.69) is 6.58 Å². The van der Waals surface area contributed by atoms with Crippen molar-refractivity contribution in [3.8, 4) is 0 Å². The van der Waals surface area contributed by atoms with Crippen LogP contribution in [0, 0.1) is 0 Å². The molecule has 1 unspecified atom stereocenters. The van der Waals surface area contributed by atoms with Crippen LogP contribution in [0.25, 0.3) is 0 Å². The second-order valence-corrected chi connectivity index (χ2v) is 1.51. The third-order valence-corrected chi connectivity index (χ3v) is 0.678. The average Bonchev–Trinajstić information content (AvgIpc) is 1.80. The Balaban J connectivity index is 2.82. The van der Waals surface area contributed by atoms with Gasteiger partial charge < -0.3 is 14.6 Å². The van der Waals surface area contributed by atoms with E-state index in [1.165, 1.54) is 6.26 Å². The molecule has 0 aliphatic carbocycles. The van der Waals surface area contributed by atoms with E-state index >= 15 is 0 Å². The minimum Gasteiger partial charge on any atom is -0.499 e. The van der Waals surface area contributed by atoms with Gasteiger partial charge in [-0.3, -0.25) is 0 Å². The Morgan fingerprint density at radius 3 is 2.78 bits per heavy atom. The fourth-order valence-corrected chi connectivity index (χ4v) is 0.350. The summed E-state index contributed by atoms with van der Waals surface area (Å²) in [6.45, 7) is 5.72. The topological polar surface area (TPSA) is 38.7 Å². The van der Waals surface area contributed by atoms with Gasteiger partial charge in [0, 0.05) is 0 Å². The molecule has 0 aromatic heterocycles. The Morgan fingerprint density at radius 1 is 1.67 bits per heavy atom. The van der Waals surface area contributed by atoms with Crippen molar-refractivity contribution in [3.63, 3.8) is 0 Å². The SMILES string of the molecule is C=COCCOC(C)O. The van der Waals surface area contributed by atoms with Crippen molar-refractivity contribution in [1.82, 2.24) is 0 Å². The summed E-state index contributed by atoms with van der Waals surface area (Å²) < 4.78 is 9.44. The molecular weight excluding hydrogens is 120 g/mol. The number of hydrogen-bond donors (Lipinski definition) is 1. The molecular formula is C6H12O3. The Morgan fingerprint density at radius 2 is 2.33 bits per heavy atom. The van der Waals surface area contributed by atoms with Crippen LogP contribution in [0.15, 0.2) is 12.8 Å². The molecule has 9 heavy (non-hydrogen) atoms. The average molecular weight is 132 g/mol. The molecule has 0 aliphatic heterocycles. The van der Waals surface area contributed by atoms with E-state index in [9.17, 15) is 0 Å². The van der Waals surface area contributed by atoms with Crippen LogP contribution in [0.5, 0.6) is 0 Å². The highest BCUT2D eigenvalue weighted by atomic mass is 16.6. The molecule has 0 spiro atoms. The largest absolute Gasteiger partial charge is 0.499 e. The Bertz CT molecular complexity index is 70.7. The van der Waals surface area contributed by atoms with E-state index < -0.39 is 6.29 Å². The lowest BCUT2D eigenvalue weighted by Gasteiger charge is -2.04. The summed E-state index contributed by atoms with van der Waals surface area (Å²) in [4.78, 5) is 0. The molecule has 1 atom stereocenters. The van der Waals surface area contributed by atoms with E-state index in [0.29, 0.717) is 13.2 Å². The maximum atomic E-state index is 8.55. The minimum absolute atomic E-state index is 0.393. The monoisotopic (exact) mass is 132 g/mol. The zero-order valence-electron chi connectivity index (χ0n) is 5.54. The van der Waals surface area contributed by atoms with Crippen LogP contribution >= 0.6 is 0 Å². The molecule has 0 fully saturated rings. The van der Waals surface area contributed by atoms with Crippen LogP contribution in [0.2, 0.25) is 0 Å². The summed E-state index contributed by atoms with van der Waals surface area (Å²) in [6.07, 6.45) is 0.629. The molecule has 0 aromatic carbocycles.